The van der Waals surface area contributed by atoms with Gasteiger partial charge in [-0.25, -0.2) is 4.98 Å². The van der Waals surface area contributed by atoms with Crippen LogP contribution >= 0.6 is 23.1 Å². The second-order valence-electron chi connectivity index (χ2n) is 5.72. The van der Waals surface area contributed by atoms with Crippen LogP contribution in [0.5, 0.6) is 0 Å². The molecule has 6 heteroatoms. The summed E-state index contributed by atoms with van der Waals surface area (Å²) in [6.07, 6.45) is 2.88. The van der Waals surface area contributed by atoms with E-state index in [9.17, 15) is 4.79 Å². The smallest absolute Gasteiger partial charge is 0.236 e. The van der Waals surface area contributed by atoms with Gasteiger partial charge in [-0.2, -0.15) is 0 Å². The van der Waals surface area contributed by atoms with E-state index in [1.54, 1.807) is 23.1 Å². The summed E-state index contributed by atoms with van der Waals surface area (Å²) in [5.74, 6) is 0.288. The van der Waals surface area contributed by atoms with Crippen LogP contribution in [0, 0.1) is 0 Å². The number of thioether (sulfide) groups is 1. The van der Waals surface area contributed by atoms with Crippen LogP contribution in [0.2, 0.25) is 0 Å². The van der Waals surface area contributed by atoms with Crippen molar-refractivity contribution < 1.29 is 9.53 Å². The van der Waals surface area contributed by atoms with Crippen molar-refractivity contribution in [3.8, 4) is 0 Å². The molecule has 116 valence electrons. The molecule has 2 aliphatic heterocycles. The minimum absolute atomic E-state index is 0.0309. The number of fused-ring (bicyclic) bond motifs is 1. The number of nitrogens with zero attached hydrogens (tertiary/aromatic N) is 2. The molecule has 0 spiro atoms. The molecule has 0 radical (unpaired) electrons. The number of likely N-dealkylation sites (tertiary alicyclic amines) is 1. The van der Waals surface area contributed by atoms with E-state index < -0.39 is 0 Å². The van der Waals surface area contributed by atoms with Crippen molar-refractivity contribution in [1.29, 1.82) is 0 Å². The van der Waals surface area contributed by atoms with Crippen molar-refractivity contribution in [2.75, 3.05) is 19.8 Å². The number of para-hydroxylation sites is 1. The van der Waals surface area contributed by atoms with E-state index in [4.69, 9.17) is 4.74 Å². The predicted molar refractivity (Wildman–Crippen MR) is 89.4 cm³/mol. The Kier molecular flexibility index (Phi) is 4.07. The SMILES string of the molecule is O=C1[C@H](Sc2nc3ccccc3s2)CCN1C1CCOCC1. The summed E-state index contributed by atoms with van der Waals surface area (Å²) in [4.78, 5) is 19.4. The lowest BCUT2D eigenvalue weighted by molar-refractivity contribution is -0.130. The number of ether oxygens (including phenoxy) is 1. The number of carbonyl (C=O) groups is 1. The highest BCUT2D eigenvalue weighted by molar-refractivity contribution is 8.02. The van der Waals surface area contributed by atoms with Gasteiger partial charge >= 0.3 is 0 Å². The number of hydrogen-bond donors (Lipinski definition) is 0. The molecule has 0 unspecified atom stereocenters. The summed E-state index contributed by atoms with van der Waals surface area (Å²) in [5, 5.41) is 0.0309. The monoisotopic (exact) mass is 334 g/mol. The molecule has 1 atom stereocenters. The fourth-order valence-electron chi connectivity index (χ4n) is 3.17. The summed E-state index contributed by atoms with van der Waals surface area (Å²) >= 11 is 3.32. The Balaban J connectivity index is 1.46. The lowest BCUT2D eigenvalue weighted by Crippen LogP contribution is -2.41. The van der Waals surface area contributed by atoms with Crippen LogP contribution in [0.25, 0.3) is 10.2 Å². The summed E-state index contributed by atoms with van der Waals surface area (Å²) in [6, 6.07) is 8.53. The fraction of sp³-hybridized carbons (Fsp3) is 0.500. The maximum absolute atomic E-state index is 12.7. The van der Waals surface area contributed by atoms with Gasteiger partial charge in [-0.05, 0) is 31.4 Å². The molecule has 2 fully saturated rings. The zero-order chi connectivity index (χ0) is 14.9. The third kappa shape index (κ3) is 2.75. The molecule has 2 aliphatic rings. The summed E-state index contributed by atoms with van der Waals surface area (Å²) < 4.78 is 7.60. The maximum atomic E-state index is 12.7. The predicted octanol–water partition coefficient (Wildman–Crippen LogP) is 3.17. The van der Waals surface area contributed by atoms with Crippen LogP contribution in [0.3, 0.4) is 0 Å². The first-order chi connectivity index (χ1) is 10.8. The number of rotatable bonds is 3. The van der Waals surface area contributed by atoms with E-state index in [2.05, 4.69) is 16.0 Å². The molecule has 1 aromatic carbocycles. The van der Waals surface area contributed by atoms with Gasteiger partial charge in [0, 0.05) is 25.8 Å². The third-order valence-corrected chi connectivity index (χ3v) is 6.72. The zero-order valence-corrected chi connectivity index (χ0v) is 13.9. The van der Waals surface area contributed by atoms with Crippen molar-refractivity contribution in [2.24, 2.45) is 0 Å². The Morgan fingerprint density at radius 1 is 1.23 bits per heavy atom. The number of aromatic nitrogens is 1. The number of benzene rings is 1. The molecule has 0 bridgehead atoms. The highest BCUT2D eigenvalue weighted by Crippen LogP contribution is 2.36. The summed E-state index contributed by atoms with van der Waals surface area (Å²) in [5.41, 5.74) is 1.03. The molecule has 3 heterocycles. The molecule has 1 aromatic heterocycles. The van der Waals surface area contributed by atoms with E-state index in [0.717, 1.165) is 48.9 Å². The molecule has 0 aliphatic carbocycles. The quantitative estimate of drug-likeness (QED) is 0.865. The van der Waals surface area contributed by atoms with E-state index in [-0.39, 0.29) is 11.2 Å². The van der Waals surface area contributed by atoms with E-state index in [0.29, 0.717) is 6.04 Å². The third-order valence-electron chi connectivity index (χ3n) is 4.34. The molecular weight excluding hydrogens is 316 g/mol. The first-order valence-electron chi connectivity index (χ1n) is 7.72. The molecule has 0 N–H and O–H groups in total. The Bertz CT molecular complexity index is 649. The number of amides is 1. The molecule has 2 saturated heterocycles. The highest BCUT2D eigenvalue weighted by atomic mass is 32.2. The number of hydrogen-bond acceptors (Lipinski definition) is 5. The molecule has 2 aromatic rings. The van der Waals surface area contributed by atoms with Gasteiger partial charge in [0.05, 0.1) is 15.5 Å². The van der Waals surface area contributed by atoms with E-state index in [1.165, 1.54) is 4.70 Å². The van der Waals surface area contributed by atoms with Crippen LogP contribution in [0.4, 0.5) is 0 Å². The van der Waals surface area contributed by atoms with Crippen LogP contribution in [-0.2, 0) is 9.53 Å². The van der Waals surface area contributed by atoms with Crippen LogP contribution in [-0.4, -0.2) is 46.8 Å². The van der Waals surface area contributed by atoms with Crippen LogP contribution in [0.1, 0.15) is 19.3 Å². The average molecular weight is 334 g/mol. The van der Waals surface area contributed by atoms with Gasteiger partial charge in [0.15, 0.2) is 4.34 Å². The van der Waals surface area contributed by atoms with Gasteiger partial charge in [-0.3, -0.25) is 4.79 Å². The number of carbonyl (C=O) groups excluding carboxylic acids is 1. The van der Waals surface area contributed by atoms with Gasteiger partial charge in [0.2, 0.25) is 5.91 Å². The number of thiazole rings is 1. The molecule has 4 nitrogen and oxygen atoms in total. The highest BCUT2D eigenvalue weighted by Gasteiger charge is 2.37. The van der Waals surface area contributed by atoms with Crippen molar-refractivity contribution in [2.45, 2.75) is 34.9 Å². The summed E-state index contributed by atoms with van der Waals surface area (Å²) in [7, 11) is 0. The molecule has 0 saturated carbocycles. The van der Waals surface area contributed by atoms with Crippen molar-refractivity contribution in [3.63, 3.8) is 0 Å². The topological polar surface area (TPSA) is 42.4 Å². The van der Waals surface area contributed by atoms with Crippen molar-refractivity contribution in [3.05, 3.63) is 24.3 Å². The lowest BCUT2D eigenvalue weighted by atomic mass is 10.1. The average Bonchev–Trinajstić information content (AvgIpc) is 3.12. The Labute approximate surface area is 137 Å². The minimum atomic E-state index is 0.0309. The van der Waals surface area contributed by atoms with Crippen LogP contribution < -0.4 is 0 Å². The maximum Gasteiger partial charge on any atom is 0.236 e. The lowest BCUT2D eigenvalue weighted by Gasteiger charge is -2.31. The van der Waals surface area contributed by atoms with Gasteiger partial charge in [0.1, 0.15) is 0 Å². The van der Waals surface area contributed by atoms with E-state index >= 15 is 0 Å². The van der Waals surface area contributed by atoms with Gasteiger partial charge < -0.3 is 9.64 Å². The van der Waals surface area contributed by atoms with Gasteiger partial charge in [0.25, 0.3) is 0 Å². The van der Waals surface area contributed by atoms with Crippen molar-refractivity contribution in [1.82, 2.24) is 9.88 Å². The Morgan fingerprint density at radius 2 is 2.05 bits per heavy atom. The van der Waals surface area contributed by atoms with Gasteiger partial charge in [-0.1, -0.05) is 23.9 Å². The second-order valence-corrected chi connectivity index (χ2v) is 8.20. The molecule has 1 amide bonds. The van der Waals surface area contributed by atoms with Gasteiger partial charge in [-0.15, -0.1) is 11.3 Å². The van der Waals surface area contributed by atoms with Crippen molar-refractivity contribution >= 4 is 39.2 Å². The van der Waals surface area contributed by atoms with E-state index in [1.807, 2.05) is 18.2 Å². The Hall–Kier alpha value is -1.11. The fourth-order valence-corrected chi connectivity index (χ4v) is 5.53. The van der Waals surface area contributed by atoms with Crippen LogP contribution in [0.15, 0.2) is 28.6 Å². The minimum Gasteiger partial charge on any atom is -0.381 e. The zero-order valence-electron chi connectivity index (χ0n) is 12.2. The largest absolute Gasteiger partial charge is 0.381 e. The molecule has 22 heavy (non-hydrogen) atoms. The summed E-state index contributed by atoms with van der Waals surface area (Å²) in [6.45, 7) is 2.44. The molecular formula is C16H18N2O2S2. The molecule has 4 rings (SSSR count). The first kappa shape index (κ1) is 14.5. The Morgan fingerprint density at radius 3 is 2.86 bits per heavy atom. The standard InChI is InChI=1S/C16H18N2O2S2/c19-15-14(5-8-18(15)11-6-9-20-10-7-11)22-16-17-12-3-1-2-4-13(12)21-16/h1-4,11,14H,5-10H2/t14-/m1/s1. The first-order valence-corrected chi connectivity index (χ1v) is 9.41. The second kappa shape index (κ2) is 6.18. The normalized spacial score (nSPS) is 23.5.